The molecule has 0 aliphatic carbocycles. The first-order valence-electron chi connectivity index (χ1n) is 9.61. The van der Waals surface area contributed by atoms with Gasteiger partial charge in [0.15, 0.2) is 0 Å². The van der Waals surface area contributed by atoms with Gasteiger partial charge in [-0.2, -0.15) is 0 Å². The van der Waals surface area contributed by atoms with Crippen LogP contribution in [0.25, 0.3) is 11.0 Å². The number of ether oxygens (including phenoxy) is 2. The molecule has 2 aromatic carbocycles. The number of aryl methyl sites for hydroxylation is 1. The first-order valence-corrected chi connectivity index (χ1v) is 9.61. The number of carbonyl (C=O) groups excluding carboxylic acids is 1. The van der Waals surface area contributed by atoms with Crippen molar-refractivity contribution in [3.63, 3.8) is 0 Å². The second-order valence-corrected chi connectivity index (χ2v) is 6.80. The first kappa shape index (κ1) is 20.2. The molecule has 7 nitrogen and oxygen atoms in total. The molecule has 0 saturated carbocycles. The van der Waals surface area contributed by atoms with Crippen LogP contribution in [0.15, 0.2) is 76.1 Å². The normalized spacial score (nSPS) is 11.4. The van der Waals surface area contributed by atoms with Crippen molar-refractivity contribution in [3.8, 4) is 11.5 Å². The third-order valence-corrected chi connectivity index (χ3v) is 4.60. The summed E-state index contributed by atoms with van der Waals surface area (Å²) in [4.78, 5) is 22.0. The molecule has 2 heterocycles. The summed E-state index contributed by atoms with van der Waals surface area (Å²) in [7, 11) is 3.12. The van der Waals surface area contributed by atoms with Gasteiger partial charge in [0, 0.05) is 29.3 Å². The van der Waals surface area contributed by atoms with Crippen LogP contribution in [0.1, 0.15) is 16.1 Å². The third-order valence-electron chi connectivity index (χ3n) is 4.60. The summed E-state index contributed by atoms with van der Waals surface area (Å²) in [5.74, 6) is 1.23. The highest BCUT2D eigenvalue weighted by molar-refractivity contribution is 6.04. The molecule has 156 valence electrons. The van der Waals surface area contributed by atoms with Crippen LogP contribution in [0.2, 0.25) is 0 Å². The number of carbonyl (C=O) groups is 1. The fourth-order valence-electron chi connectivity index (χ4n) is 3.09. The number of fused-ring (bicyclic) bond motifs is 1. The summed E-state index contributed by atoms with van der Waals surface area (Å²) < 4.78 is 16.6. The van der Waals surface area contributed by atoms with Gasteiger partial charge in [-0.25, -0.2) is 9.98 Å². The van der Waals surface area contributed by atoms with E-state index >= 15 is 0 Å². The molecule has 0 spiro atoms. The zero-order valence-corrected chi connectivity index (χ0v) is 17.4. The minimum atomic E-state index is -0.374. The fraction of sp³-hybridized carbons (Fsp3) is 0.125. The molecule has 2 aromatic heterocycles. The zero-order valence-electron chi connectivity index (χ0n) is 17.4. The molecule has 0 unspecified atom stereocenters. The molecule has 31 heavy (non-hydrogen) atoms. The van der Waals surface area contributed by atoms with E-state index in [-0.39, 0.29) is 17.0 Å². The Bertz CT molecular complexity index is 1310. The van der Waals surface area contributed by atoms with Gasteiger partial charge in [-0.1, -0.05) is 24.3 Å². The van der Waals surface area contributed by atoms with Crippen molar-refractivity contribution >= 4 is 28.4 Å². The van der Waals surface area contributed by atoms with Crippen LogP contribution in [0.3, 0.4) is 0 Å². The van der Waals surface area contributed by atoms with Gasteiger partial charge in [-0.15, -0.1) is 0 Å². The number of hydrogen-bond donors (Lipinski definition) is 1. The fourth-order valence-corrected chi connectivity index (χ4v) is 3.09. The maximum Gasteiger partial charge on any atom is 0.262 e. The first-order chi connectivity index (χ1) is 15.1. The number of anilines is 1. The summed E-state index contributed by atoms with van der Waals surface area (Å²) in [5.41, 5.74) is 2.39. The topological polar surface area (TPSA) is 86.0 Å². The van der Waals surface area contributed by atoms with Crippen molar-refractivity contribution in [3.05, 3.63) is 83.5 Å². The quantitative estimate of drug-likeness (QED) is 0.513. The standard InChI is InChI=1S/C24H21N3O4/c1-15-7-6-10-22(25-15)27-23(28)20-11-16-8-4-5-9-21(16)31-24(20)26-17-12-18(29-2)14-19(13-17)30-3/h4-14H,1-3H3,(H,25,27,28). The van der Waals surface area contributed by atoms with E-state index in [4.69, 9.17) is 13.9 Å². The van der Waals surface area contributed by atoms with E-state index in [1.807, 2.05) is 43.3 Å². The number of hydrogen-bond acceptors (Lipinski definition) is 6. The third kappa shape index (κ3) is 4.56. The number of para-hydroxylation sites is 1. The zero-order chi connectivity index (χ0) is 21.8. The highest BCUT2D eigenvalue weighted by Crippen LogP contribution is 2.27. The monoisotopic (exact) mass is 415 g/mol. The van der Waals surface area contributed by atoms with Gasteiger partial charge in [0.05, 0.1) is 19.9 Å². The van der Waals surface area contributed by atoms with Crippen molar-refractivity contribution in [2.45, 2.75) is 6.92 Å². The van der Waals surface area contributed by atoms with Gasteiger partial charge in [0.1, 0.15) is 28.5 Å². The number of nitrogens with zero attached hydrogens (tertiary/aromatic N) is 2. The Morgan fingerprint density at radius 3 is 2.42 bits per heavy atom. The summed E-state index contributed by atoms with van der Waals surface area (Å²) >= 11 is 0. The van der Waals surface area contributed by atoms with Gasteiger partial charge in [0.2, 0.25) is 5.55 Å². The molecule has 0 radical (unpaired) electrons. The van der Waals surface area contributed by atoms with Crippen molar-refractivity contribution in [1.29, 1.82) is 0 Å². The van der Waals surface area contributed by atoms with E-state index in [1.165, 1.54) is 0 Å². The van der Waals surface area contributed by atoms with Crippen LogP contribution in [0.5, 0.6) is 11.5 Å². The van der Waals surface area contributed by atoms with E-state index in [2.05, 4.69) is 15.3 Å². The minimum absolute atomic E-state index is 0.166. The number of aromatic nitrogens is 1. The van der Waals surface area contributed by atoms with E-state index in [9.17, 15) is 4.79 Å². The van der Waals surface area contributed by atoms with Crippen molar-refractivity contribution < 1.29 is 18.7 Å². The van der Waals surface area contributed by atoms with Gasteiger partial charge in [-0.05, 0) is 31.2 Å². The molecule has 0 fully saturated rings. The SMILES string of the molecule is COc1cc(N=c2oc3ccccc3cc2C(=O)Nc2cccc(C)n2)cc(OC)c1. The molecule has 0 saturated heterocycles. The molecular formula is C24H21N3O4. The van der Waals surface area contributed by atoms with Crippen molar-refractivity contribution in [2.75, 3.05) is 19.5 Å². The highest BCUT2D eigenvalue weighted by Gasteiger charge is 2.14. The van der Waals surface area contributed by atoms with Gasteiger partial charge < -0.3 is 19.2 Å². The Hall–Kier alpha value is -4.13. The second kappa shape index (κ2) is 8.71. The van der Waals surface area contributed by atoms with Gasteiger partial charge in [-0.3, -0.25) is 4.79 Å². The van der Waals surface area contributed by atoms with Crippen LogP contribution in [0.4, 0.5) is 11.5 Å². The molecule has 0 aliphatic rings. The van der Waals surface area contributed by atoms with Gasteiger partial charge in [0.25, 0.3) is 5.91 Å². The average molecular weight is 415 g/mol. The molecule has 0 atom stereocenters. The molecule has 7 heteroatoms. The Kier molecular flexibility index (Phi) is 5.66. The number of nitrogens with one attached hydrogen (secondary N) is 1. The van der Waals surface area contributed by atoms with Crippen molar-refractivity contribution in [1.82, 2.24) is 4.98 Å². The van der Waals surface area contributed by atoms with Crippen LogP contribution < -0.4 is 20.3 Å². The number of methoxy groups -OCH3 is 2. The smallest absolute Gasteiger partial charge is 0.262 e. The van der Waals surface area contributed by atoms with Crippen LogP contribution >= 0.6 is 0 Å². The number of rotatable bonds is 5. The highest BCUT2D eigenvalue weighted by atomic mass is 16.5. The van der Waals surface area contributed by atoms with E-state index in [1.54, 1.807) is 44.6 Å². The Balaban J connectivity index is 1.86. The lowest BCUT2D eigenvalue weighted by Crippen LogP contribution is -2.22. The van der Waals surface area contributed by atoms with Crippen LogP contribution in [0, 0.1) is 6.92 Å². The van der Waals surface area contributed by atoms with Crippen LogP contribution in [-0.2, 0) is 0 Å². The number of benzene rings is 2. The Morgan fingerprint density at radius 2 is 1.71 bits per heavy atom. The number of pyridine rings is 1. The molecule has 0 bridgehead atoms. The predicted molar refractivity (Wildman–Crippen MR) is 118 cm³/mol. The van der Waals surface area contributed by atoms with E-state index in [0.29, 0.717) is 28.6 Å². The largest absolute Gasteiger partial charge is 0.497 e. The molecule has 4 rings (SSSR count). The molecule has 1 N–H and O–H groups in total. The second-order valence-electron chi connectivity index (χ2n) is 6.80. The summed E-state index contributed by atoms with van der Waals surface area (Å²) in [6.45, 7) is 1.86. The van der Waals surface area contributed by atoms with Gasteiger partial charge >= 0.3 is 0 Å². The maximum absolute atomic E-state index is 13.1. The lowest BCUT2D eigenvalue weighted by atomic mass is 10.1. The molecule has 4 aromatic rings. The molecule has 0 aliphatic heterocycles. The minimum Gasteiger partial charge on any atom is -0.497 e. The summed E-state index contributed by atoms with van der Waals surface area (Å²) in [6.07, 6.45) is 0. The molecular weight excluding hydrogens is 394 g/mol. The van der Waals surface area contributed by atoms with Crippen molar-refractivity contribution in [2.24, 2.45) is 4.99 Å². The maximum atomic E-state index is 13.1. The predicted octanol–water partition coefficient (Wildman–Crippen LogP) is 4.64. The Morgan fingerprint density at radius 1 is 0.968 bits per heavy atom. The summed E-state index contributed by atoms with van der Waals surface area (Å²) in [6, 6.07) is 19.8. The lowest BCUT2D eigenvalue weighted by Gasteiger charge is -2.08. The Labute approximate surface area is 179 Å². The van der Waals surface area contributed by atoms with E-state index in [0.717, 1.165) is 11.1 Å². The van der Waals surface area contributed by atoms with E-state index < -0.39 is 0 Å². The van der Waals surface area contributed by atoms with Crippen LogP contribution in [-0.4, -0.2) is 25.1 Å². The lowest BCUT2D eigenvalue weighted by molar-refractivity contribution is 0.102. The summed E-state index contributed by atoms with van der Waals surface area (Å²) in [5, 5.41) is 3.60. The number of amides is 1. The molecule has 1 amide bonds. The average Bonchev–Trinajstić information content (AvgIpc) is 2.78.